The maximum atomic E-state index is 12.5. The minimum Gasteiger partial charge on any atom is -0.464 e. The van der Waals surface area contributed by atoms with E-state index in [-0.39, 0.29) is 12.3 Å². The molecule has 0 aliphatic carbocycles. The second kappa shape index (κ2) is 8.62. The van der Waals surface area contributed by atoms with E-state index in [4.69, 9.17) is 9.47 Å². The SMILES string of the molecule is CCOC(=O)[C@@H]1CCCCN1C(=O)COC(=O)c1ccc2ccccc2n1. The van der Waals surface area contributed by atoms with Gasteiger partial charge in [0.15, 0.2) is 6.61 Å². The first-order chi connectivity index (χ1) is 13.1. The molecule has 27 heavy (non-hydrogen) atoms. The Morgan fingerprint density at radius 3 is 2.74 bits per heavy atom. The highest BCUT2D eigenvalue weighted by atomic mass is 16.5. The van der Waals surface area contributed by atoms with Crippen molar-refractivity contribution in [2.24, 2.45) is 0 Å². The predicted molar refractivity (Wildman–Crippen MR) is 98.0 cm³/mol. The molecule has 0 unspecified atom stereocenters. The van der Waals surface area contributed by atoms with Crippen molar-refractivity contribution < 1.29 is 23.9 Å². The maximum absolute atomic E-state index is 12.5. The van der Waals surface area contributed by atoms with Gasteiger partial charge in [-0.1, -0.05) is 24.3 Å². The number of benzene rings is 1. The number of nitrogens with zero attached hydrogens (tertiary/aromatic N) is 2. The van der Waals surface area contributed by atoms with Gasteiger partial charge in [-0.25, -0.2) is 14.6 Å². The molecule has 1 atom stereocenters. The van der Waals surface area contributed by atoms with Crippen LogP contribution in [0.25, 0.3) is 10.9 Å². The largest absolute Gasteiger partial charge is 0.464 e. The Balaban J connectivity index is 1.62. The average molecular weight is 370 g/mol. The number of para-hydroxylation sites is 1. The number of fused-ring (bicyclic) bond motifs is 1. The molecule has 7 heteroatoms. The van der Waals surface area contributed by atoms with Crippen LogP contribution in [0.3, 0.4) is 0 Å². The van der Waals surface area contributed by atoms with Crippen molar-refractivity contribution in [1.82, 2.24) is 9.88 Å². The summed E-state index contributed by atoms with van der Waals surface area (Å²) in [5, 5.41) is 0.913. The van der Waals surface area contributed by atoms with E-state index in [2.05, 4.69) is 4.98 Å². The number of carbonyl (C=O) groups is 3. The Morgan fingerprint density at radius 1 is 1.11 bits per heavy atom. The molecular weight excluding hydrogens is 348 g/mol. The first-order valence-electron chi connectivity index (χ1n) is 9.09. The number of hydrogen-bond acceptors (Lipinski definition) is 6. The van der Waals surface area contributed by atoms with Crippen molar-refractivity contribution in [2.45, 2.75) is 32.2 Å². The highest BCUT2D eigenvalue weighted by Gasteiger charge is 2.33. The van der Waals surface area contributed by atoms with Gasteiger partial charge in [-0.15, -0.1) is 0 Å². The van der Waals surface area contributed by atoms with Crippen LogP contribution in [0.5, 0.6) is 0 Å². The van der Waals surface area contributed by atoms with Crippen molar-refractivity contribution in [3.05, 3.63) is 42.1 Å². The summed E-state index contributed by atoms with van der Waals surface area (Å²) in [4.78, 5) is 42.5. The molecule has 1 aromatic heterocycles. The molecule has 0 saturated carbocycles. The highest BCUT2D eigenvalue weighted by Crippen LogP contribution is 2.19. The van der Waals surface area contributed by atoms with Crippen LogP contribution in [0, 0.1) is 0 Å². The summed E-state index contributed by atoms with van der Waals surface area (Å²) >= 11 is 0. The summed E-state index contributed by atoms with van der Waals surface area (Å²) in [5.41, 5.74) is 0.818. The van der Waals surface area contributed by atoms with E-state index in [1.54, 1.807) is 25.1 Å². The quantitative estimate of drug-likeness (QED) is 0.751. The maximum Gasteiger partial charge on any atom is 0.357 e. The third-order valence-corrected chi connectivity index (χ3v) is 4.52. The van der Waals surface area contributed by atoms with Crippen molar-refractivity contribution in [1.29, 1.82) is 0 Å². The van der Waals surface area contributed by atoms with Crippen molar-refractivity contribution >= 4 is 28.7 Å². The van der Waals surface area contributed by atoms with E-state index < -0.39 is 30.5 Å². The van der Waals surface area contributed by atoms with E-state index >= 15 is 0 Å². The first-order valence-corrected chi connectivity index (χ1v) is 9.09. The molecule has 2 heterocycles. The number of piperidine rings is 1. The van der Waals surface area contributed by atoms with Crippen LogP contribution < -0.4 is 0 Å². The number of pyridine rings is 1. The molecule has 7 nitrogen and oxygen atoms in total. The number of likely N-dealkylation sites (tertiary alicyclic amines) is 1. The smallest absolute Gasteiger partial charge is 0.357 e. The normalized spacial score (nSPS) is 16.8. The molecule has 3 rings (SSSR count). The predicted octanol–water partition coefficient (Wildman–Crippen LogP) is 2.34. The number of carbonyl (C=O) groups excluding carboxylic acids is 3. The summed E-state index contributed by atoms with van der Waals surface area (Å²) in [6, 6.07) is 10.2. The lowest BCUT2D eigenvalue weighted by Crippen LogP contribution is -2.50. The highest BCUT2D eigenvalue weighted by molar-refractivity contribution is 5.93. The molecule has 0 spiro atoms. The molecule has 1 aliphatic heterocycles. The Labute approximate surface area is 157 Å². The molecule has 2 aromatic rings. The topological polar surface area (TPSA) is 85.8 Å². The van der Waals surface area contributed by atoms with Gasteiger partial charge in [0.05, 0.1) is 12.1 Å². The second-order valence-electron chi connectivity index (χ2n) is 6.32. The Morgan fingerprint density at radius 2 is 1.93 bits per heavy atom. The van der Waals surface area contributed by atoms with Gasteiger partial charge in [-0.2, -0.15) is 0 Å². The zero-order chi connectivity index (χ0) is 19.2. The second-order valence-corrected chi connectivity index (χ2v) is 6.32. The van der Waals surface area contributed by atoms with Crippen LogP contribution in [-0.4, -0.2) is 53.5 Å². The molecule has 0 radical (unpaired) electrons. The van der Waals surface area contributed by atoms with Crippen molar-refractivity contribution in [3.8, 4) is 0 Å². The van der Waals surface area contributed by atoms with Crippen LogP contribution in [0.2, 0.25) is 0 Å². The van der Waals surface area contributed by atoms with Gasteiger partial charge in [0.25, 0.3) is 5.91 Å². The minimum atomic E-state index is -0.668. The number of hydrogen-bond donors (Lipinski definition) is 0. The van der Waals surface area contributed by atoms with E-state index in [0.717, 1.165) is 18.2 Å². The van der Waals surface area contributed by atoms with E-state index in [1.807, 2.05) is 18.2 Å². The lowest BCUT2D eigenvalue weighted by molar-refractivity contribution is -0.157. The van der Waals surface area contributed by atoms with Crippen LogP contribution in [0.4, 0.5) is 0 Å². The van der Waals surface area contributed by atoms with Crippen LogP contribution >= 0.6 is 0 Å². The number of rotatable bonds is 5. The number of esters is 2. The van der Waals surface area contributed by atoms with Crippen LogP contribution in [0.1, 0.15) is 36.7 Å². The standard InChI is InChI=1S/C20H22N2O5/c1-2-26-20(25)17-9-5-6-12-22(17)18(23)13-27-19(24)16-11-10-14-7-3-4-8-15(14)21-16/h3-4,7-8,10-11,17H,2,5-6,9,12-13H2,1H3/t17-/m0/s1. The Hall–Kier alpha value is -2.96. The third kappa shape index (κ3) is 4.42. The van der Waals surface area contributed by atoms with Gasteiger partial charge in [0.1, 0.15) is 11.7 Å². The molecule has 1 aromatic carbocycles. The van der Waals surface area contributed by atoms with E-state index in [0.29, 0.717) is 18.5 Å². The van der Waals surface area contributed by atoms with Gasteiger partial charge in [-0.05, 0) is 38.3 Å². The van der Waals surface area contributed by atoms with E-state index in [9.17, 15) is 14.4 Å². The Bertz CT molecular complexity index is 851. The lowest BCUT2D eigenvalue weighted by Gasteiger charge is -2.33. The molecule has 1 amide bonds. The van der Waals surface area contributed by atoms with Gasteiger partial charge < -0.3 is 14.4 Å². The molecule has 1 aliphatic rings. The van der Waals surface area contributed by atoms with Gasteiger partial charge in [0.2, 0.25) is 0 Å². The summed E-state index contributed by atoms with van der Waals surface area (Å²) in [7, 11) is 0. The minimum absolute atomic E-state index is 0.141. The van der Waals surface area contributed by atoms with Crippen LogP contribution in [0.15, 0.2) is 36.4 Å². The average Bonchev–Trinajstić information content (AvgIpc) is 2.71. The molecule has 1 fully saturated rings. The van der Waals surface area contributed by atoms with Gasteiger partial charge in [0, 0.05) is 11.9 Å². The molecular formula is C20H22N2O5. The molecule has 142 valence electrons. The summed E-state index contributed by atoms with van der Waals surface area (Å²) in [5.74, 6) is -1.48. The fraction of sp³-hybridized carbons (Fsp3) is 0.400. The molecule has 0 N–H and O–H groups in total. The van der Waals surface area contributed by atoms with Crippen LogP contribution in [-0.2, 0) is 19.1 Å². The Kier molecular flexibility index (Phi) is 6.01. The monoisotopic (exact) mass is 370 g/mol. The summed E-state index contributed by atoms with van der Waals surface area (Å²) in [6.45, 7) is 2.02. The van der Waals surface area contributed by atoms with Gasteiger partial charge >= 0.3 is 11.9 Å². The lowest BCUT2D eigenvalue weighted by atomic mass is 10.0. The number of ether oxygens (including phenoxy) is 2. The number of aromatic nitrogens is 1. The fourth-order valence-corrected chi connectivity index (χ4v) is 3.18. The third-order valence-electron chi connectivity index (χ3n) is 4.52. The van der Waals surface area contributed by atoms with E-state index in [1.165, 1.54) is 4.90 Å². The summed E-state index contributed by atoms with van der Waals surface area (Å²) in [6.07, 6.45) is 2.22. The van der Waals surface area contributed by atoms with Crippen molar-refractivity contribution in [3.63, 3.8) is 0 Å². The molecule has 0 bridgehead atoms. The van der Waals surface area contributed by atoms with Gasteiger partial charge in [-0.3, -0.25) is 4.79 Å². The number of amides is 1. The zero-order valence-corrected chi connectivity index (χ0v) is 15.2. The fourth-order valence-electron chi connectivity index (χ4n) is 3.18. The first kappa shape index (κ1) is 18.8. The molecule has 1 saturated heterocycles. The summed E-state index contributed by atoms with van der Waals surface area (Å²) < 4.78 is 10.2. The zero-order valence-electron chi connectivity index (χ0n) is 15.2. The van der Waals surface area contributed by atoms with Crippen molar-refractivity contribution in [2.75, 3.05) is 19.8 Å².